The molecule has 1 saturated carbocycles. The first-order valence-corrected chi connectivity index (χ1v) is 6.45. The molecule has 1 N–H and O–H groups in total. The zero-order chi connectivity index (χ0) is 11.3. The number of carbonyl (C=O) groups is 1. The number of amides is 1. The summed E-state index contributed by atoms with van der Waals surface area (Å²) in [5.41, 5.74) is 0. The number of hydrogen-bond donors (Lipinski definition) is 1. The molecular weight excluding hydrogens is 186 g/mol. The first kappa shape index (κ1) is 12.5. The molecule has 0 spiro atoms. The normalized spacial score (nSPS) is 19.7. The fraction of sp³-hybridized carbons (Fsp3) is 0.923. The van der Waals surface area contributed by atoms with Crippen molar-refractivity contribution in [2.24, 2.45) is 11.8 Å². The van der Waals surface area contributed by atoms with Gasteiger partial charge in [-0.3, -0.25) is 4.79 Å². The van der Waals surface area contributed by atoms with Crippen molar-refractivity contribution in [3.63, 3.8) is 0 Å². The van der Waals surface area contributed by atoms with Gasteiger partial charge in [-0.2, -0.15) is 0 Å². The van der Waals surface area contributed by atoms with Crippen molar-refractivity contribution in [2.45, 2.75) is 65.3 Å². The summed E-state index contributed by atoms with van der Waals surface area (Å²) < 4.78 is 0. The molecule has 1 rings (SSSR count). The number of rotatable bonds is 7. The Labute approximate surface area is 93.8 Å². The summed E-state index contributed by atoms with van der Waals surface area (Å²) in [6, 6.07) is 0.395. The molecule has 88 valence electrons. The molecule has 15 heavy (non-hydrogen) atoms. The Morgan fingerprint density at radius 2 is 2.00 bits per heavy atom. The summed E-state index contributed by atoms with van der Waals surface area (Å²) in [4.78, 5) is 11.8. The van der Waals surface area contributed by atoms with Gasteiger partial charge in [0.15, 0.2) is 0 Å². The molecule has 0 radical (unpaired) electrons. The Kier molecular flexibility index (Phi) is 5.13. The highest BCUT2D eigenvalue weighted by atomic mass is 16.1. The third-order valence-corrected chi connectivity index (χ3v) is 3.39. The number of unbranched alkanes of at least 4 members (excludes halogenated alkanes) is 2. The summed E-state index contributed by atoms with van der Waals surface area (Å²) in [5.74, 6) is 1.21. The predicted molar refractivity (Wildman–Crippen MR) is 63.6 cm³/mol. The molecular formula is C13H25NO. The second kappa shape index (κ2) is 6.14. The maximum Gasteiger partial charge on any atom is 0.223 e. The summed E-state index contributed by atoms with van der Waals surface area (Å²) in [7, 11) is 0. The lowest BCUT2D eigenvalue weighted by molar-refractivity contribution is -0.125. The first-order valence-electron chi connectivity index (χ1n) is 6.45. The minimum atomic E-state index is 0.192. The number of carbonyl (C=O) groups excluding carboxylic acids is 1. The van der Waals surface area contributed by atoms with Crippen molar-refractivity contribution in [3.05, 3.63) is 0 Å². The Bertz CT molecular complexity index is 199. The molecule has 0 aromatic rings. The lowest BCUT2D eigenvalue weighted by Crippen LogP contribution is -2.37. The lowest BCUT2D eigenvalue weighted by Gasteiger charge is -2.16. The summed E-state index contributed by atoms with van der Waals surface area (Å²) in [6.07, 6.45) is 7.29. The van der Waals surface area contributed by atoms with Crippen LogP contribution in [0.25, 0.3) is 0 Å². The minimum absolute atomic E-state index is 0.192. The van der Waals surface area contributed by atoms with E-state index in [9.17, 15) is 4.79 Å². The monoisotopic (exact) mass is 211 g/mol. The third-order valence-electron chi connectivity index (χ3n) is 3.39. The van der Waals surface area contributed by atoms with Gasteiger partial charge >= 0.3 is 0 Å². The zero-order valence-electron chi connectivity index (χ0n) is 10.4. The van der Waals surface area contributed by atoms with E-state index in [1.165, 1.54) is 32.1 Å². The molecule has 1 aliphatic carbocycles. The maximum absolute atomic E-state index is 11.8. The molecule has 0 bridgehead atoms. The van der Waals surface area contributed by atoms with E-state index in [0.29, 0.717) is 6.04 Å². The van der Waals surface area contributed by atoms with Gasteiger partial charge in [-0.15, -0.1) is 0 Å². The second-order valence-electron chi connectivity index (χ2n) is 5.03. The van der Waals surface area contributed by atoms with Gasteiger partial charge in [0.1, 0.15) is 0 Å². The quantitative estimate of drug-likeness (QED) is 0.644. The van der Waals surface area contributed by atoms with E-state index in [-0.39, 0.29) is 11.8 Å². The van der Waals surface area contributed by atoms with Gasteiger partial charge in [-0.1, -0.05) is 33.1 Å². The molecule has 0 aliphatic heterocycles. The Balaban J connectivity index is 2.13. The van der Waals surface area contributed by atoms with Crippen LogP contribution in [0.5, 0.6) is 0 Å². The standard InChI is InChI=1S/C13H25NO/c1-4-5-6-7-10(2)13(15)14-11(3)12-8-9-12/h10-12H,4-9H2,1-3H3,(H,14,15)/t10?,11-/m1/s1. The minimum Gasteiger partial charge on any atom is -0.353 e. The Morgan fingerprint density at radius 1 is 1.33 bits per heavy atom. The van der Waals surface area contributed by atoms with Gasteiger partial charge in [0.2, 0.25) is 5.91 Å². The van der Waals surface area contributed by atoms with Gasteiger partial charge in [0, 0.05) is 12.0 Å². The van der Waals surface area contributed by atoms with Gasteiger partial charge in [0.25, 0.3) is 0 Å². The van der Waals surface area contributed by atoms with Crippen LogP contribution in [0, 0.1) is 11.8 Å². The molecule has 0 saturated heterocycles. The average molecular weight is 211 g/mol. The highest BCUT2D eigenvalue weighted by molar-refractivity contribution is 5.78. The third kappa shape index (κ3) is 4.67. The van der Waals surface area contributed by atoms with Crippen LogP contribution >= 0.6 is 0 Å². The van der Waals surface area contributed by atoms with Crippen LogP contribution in [0.4, 0.5) is 0 Å². The summed E-state index contributed by atoms with van der Waals surface area (Å²) in [5, 5.41) is 3.13. The Morgan fingerprint density at radius 3 is 2.53 bits per heavy atom. The number of hydrogen-bond acceptors (Lipinski definition) is 1. The summed E-state index contributed by atoms with van der Waals surface area (Å²) >= 11 is 0. The van der Waals surface area contributed by atoms with Crippen molar-refractivity contribution >= 4 is 5.91 Å². The fourth-order valence-electron chi connectivity index (χ4n) is 1.91. The highest BCUT2D eigenvalue weighted by Crippen LogP contribution is 2.32. The van der Waals surface area contributed by atoms with E-state index >= 15 is 0 Å². The summed E-state index contributed by atoms with van der Waals surface area (Å²) in [6.45, 7) is 6.37. The lowest BCUT2D eigenvalue weighted by atomic mass is 10.0. The topological polar surface area (TPSA) is 29.1 Å². The molecule has 0 heterocycles. The first-order chi connectivity index (χ1) is 7.15. The van der Waals surface area contributed by atoms with Gasteiger partial charge in [-0.25, -0.2) is 0 Å². The number of nitrogens with one attached hydrogen (secondary N) is 1. The van der Waals surface area contributed by atoms with Crippen LogP contribution in [0.15, 0.2) is 0 Å². The van der Waals surface area contributed by atoms with E-state index < -0.39 is 0 Å². The molecule has 2 atom stereocenters. The van der Waals surface area contributed by atoms with Crippen LogP contribution in [0.3, 0.4) is 0 Å². The van der Waals surface area contributed by atoms with Gasteiger partial charge < -0.3 is 5.32 Å². The van der Waals surface area contributed by atoms with Crippen molar-refractivity contribution in [3.8, 4) is 0 Å². The molecule has 1 fully saturated rings. The molecule has 0 aromatic heterocycles. The smallest absolute Gasteiger partial charge is 0.223 e. The van der Waals surface area contributed by atoms with Crippen molar-refractivity contribution in [1.29, 1.82) is 0 Å². The molecule has 1 unspecified atom stereocenters. The molecule has 1 aliphatic rings. The van der Waals surface area contributed by atoms with Crippen molar-refractivity contribution in [2.75, 3.05) is 0 Å². The zero-order valence-corrected chi connectivity index (χ0v) is 10.4. The van der Waals surface area contributed by atoms with E-state index in [1.54, 1.807) is 0 Å². The van der Waals surface area contributed by atoms with Crippen molar-refractivity contribution < 1.29 is 4.79 Å². The van der Waals surface area contributed by atoms with Crippen LogP contribution < -0.4 is 5.32 Å². The van der Waals surface area contributed by atoms with Gasteiger partial charge in [0.05, 0.1) is 0 Å². The highest BCUT2D eigenvalue weighted by Gasteiger charge is 2.29. The average Bonchev–Trinajstić information content (AvgIpc) is 3.00. The van der Waals surface area contributed by atoms with E-state index in [4.69, 9.17) is 0 Å². The van der Waals surface area contributed by atoms with Crippen molar-refractivity contribution in [1.82, 2.24) is 5.32 Å². The molecule has 2 heteroatoms. The molecule has 2 nitrogen and oxygen atoms in total. The van der Waals surface area contributed by atoms with E-state index in [1.807, 2.05) is 6.92 Å². The predicted octanol–water partition coefficient (Wildman–Crippen LogP) is 3.12. The van der Waals surface area contributed by atoms with Crippen LogP contribution in [0.1, 0.15) is 59.3 Å². The van der Waals surface area contributed by atoms with Gasteiger partial charge in [-0.05, 0) is 32.1 Å². The Hall–Kier alpha value is -0.530. The molecule has 0 aromatic carbocycles. The second-order valence-corrected chi connectivity index (χ2v) is 5.03. The van der Waals surface area contributed by atoms with Crippen LogP contribution in [-0.4, -0.2) is 11.9 Å². The van der Waals surface area contributed by atoms with E-state index in [2.05, 4.69) is 19.2 Å². The van der Waals surface area contributed by atoms with Crippen LogP contribution in [0.2, 0.25) is 0 Å². The van der Waals surface area contributed by atoms with Crippen LogP contribution in [-0.2, 0) is 4.79 Å². The molecule has 1 amide bonds. The SMILES string of the molecule is CCCCCC(C)C(=O)N[C@H](C)C1CC1. The fourth-order valence-corrected chi connectivity index (χ4v) is 1.91. The van der Waals surface area contributed by atoms with E-state index in [0.717, 1.165) is 12.3 Å². The largest absolute Gasteiger partial charge is 0.353 e. The maximum atomic E-state index is 11.8.